The van der Waals surface area contributed by atoms with Crippen LogP contribution >= 0.6 is 12.2 Å². The zero-order valence-electron chi connectivity index (χ0n) is 11.7. The number of thiocarbonyl (C=S) groups is 1. The fraction of sp³-hybridized carbons (Fsp3) is 0.429. The van der Waals surface area contributed by atoms with Crippen LogP contribution in [0.15, 0.2) is 18.2 Å². The Morgan fingerprint density at radius 3 is 2.74 bits per heavy atom. The Bertz CT molecular complexity index is 475. The molecule has 0 saturated carbocycles. The van der Waals surface area contributed by atoms with Crippen LogP contribution in [0.3, 0.4) is 0 Å². The van der Waals surface area contributed by atoms with Crippen LogP contribution in [-0.2, 0) is 4.74 Å². The molecule has 1 aromatic rings. The number of benzene rings is 1. The third kappa shape index (κ3) is 4.52. The SMILES string of the molecule is CC[C@@H](C)NC(=S)Nc1cc(C(=O)OC)ccc1C. The quantitative estimate of drug-likeness (QED) is 0.656. The number of hydrogen-bond donors (Lipinski definition) is 2. The molecule has 0 aliphatic rings. The lowest BCUT2D eigenvalue weighted by Gasteiger charge is -2.17. The van der Waals surface area contributed by atoms with Crippen LogP contribution in [0.1, 0.15) is 36.2 Å². The van der Waals surface area contributed by atoms with Crippen LogP contribution < -0.4 is 10.6 Å². The Hall–Kier alpha value is -1.62. The van der Waals surface area contributed by atoms with E-state index < -0.39 is 0 Å². The zero-order chi connectivity index (χ0) is 14.4. The van der Waals surface area contributed by atoms with Gasteiger partial charge in [-0.2, -0.15) is 0 Å². The fourth-order valence-electron chi connectivity index (χ4n) is 1.49. The van der Waals surface area contributed by atoms with Crippen molar-refractivity contribution in [3.8, 4) is 0 Å². The number of carbonyl (C=O) groups excluding carboxylic acids is 1. The summed E-state index contributed by atoms with van der Waals surface area (Å²) < 4.78 is 4.70. The molecule has 0 amide bonds. The van der Waals surface area contributed by atoms with Gasteiger partial charge in [-0.15, -0.1) is 0 Å². The highest BCUT2D eigenvalue weighted by Crippen LogP contribution is 2.17. The molecular formula is C14H20N2O2S. The van der Waals surface area contributed by atoms with Crippen molar-refractivity contribution < 1.29 is 9.53 Å². The number of methoxy groups -OCH3 is 1. The average Bonchev–Trinajstić information content (AvgIpc) is 2.40. The molecule has 0 spiro atoms. The molecule has 1 atom stereocenters. The van der Waals surface area contributed by atoms with E-state index >= 15 is 0 Å². The second kappa shape index (κ2) is 7.09. The van der Waals surface area contributed by atoms with E-state index in [1.807, 2.05) is 13.0 Å². The summed E-state index contributed by atoms with van der Waals surface area (Å²) in [6.45, 7) is 6.10. The van der Waals surface area contributed by atoms with Crippen molar-refractivity contribution in [1.29, 1.82) is 0 Å². The third-order valence-corrected chi connectivity index (χ3v) is 3.12. The Kier molecular flexibility index (Phi) is 5.76. The summed E-state index contributed by atoms with van der Waals surface area (Å²) in [4.78, 5) is 11.5. The van der Waals surface area contributed by atoms with Gasteiger partial charge in [0, 0.05) is 11.7 Å². The summed E-state index contributed by atoms with van der Waals surface area (Å²) in [5.41, 5.74) is 2.33. The van der Waals surface area contributed by atoms with Crippen LogP contribution in [0.5, 0.6) is 0 Å². The summed E-state index contributed by atoms with van der Waals surface area (Å²) in [6.07, 6.45) is 0.989. The highest BCUT2D eigenvalue weighted by atomic mass is 32.1. The van der Waals surface area contributed by atoms with Crippen molar-refractivity contribution in [2.75, 3.05) is 12.4 Å². The van der Waals surface area contributed by atoms with Crippen molar-refractivity contribution in [3.05, 3.63) is 29.3 Å². The topological polar surface area (TPSA) is 50.4 Å². The van der Waals surface area contributed by atoms with E-state index in [-0.39, 0.29) is 5.97 Å². The molecule has 4 nitrogen and oxygen atoms in total. The first-order chi connectivity index (χ1) is 8.97. The van der Waals surface area contributed by atoms with Crippen LogP contribution in [0, 0.1) is 6.92 Å². The fourth-order valence-corrected chi connectivity index (χ4v) is 1.80. The van der Waals surface area contributed by atoms with Gasteiger partial charge < -0.3 is 15.4 Å². The summed E-state index contributed by atoms with van der Waals surface area (Å²) in [5, 5.41) is 6.83. The summed E-state index contributed by atoms with van der Waals surface area (Å²) in [6, 6.07) is 5.65. The van der Waals surface area contributed by atoms with Crippen molar-refractivity contribution in [2.45, 2.75) is 33.2 Å². The third-order valence-electron chi connectivity index (χ3n) is 2.90. The van der Waals surface area contributed by atoms with Crippen LogP contribution in [0.4, 0.5) is 5.69 Å². The number of aryl methyl sites for hydroxylation is 1. The highest BCUT2D eigenvalue weighted by Gasteiger charge is 2.09. The Labute approximate surface area is 119 Å². The van der Waals surface area contributed by atoms with Gasteiger partial charge in [-0.1, -0.05) is 13.0 Å². The predicted molar refractivity (Wildman–Crippen MR) is 81.6 cm³/mol. The molecule has 1 rings (SSSR count). The van der Waals surface area contributed by atoms with Crippen molar-refractivity contribution in [1.82, 2.24) is 5.32 Å². The molecule has 19 heavy (non-hydrogen) atoms. The molecule has 0 aliphatic heterocycles. The first-order valence-corrected chi connectivity index (χ1v) is 6.65. The Morgan fingerprint density at radius 2 is 2.16 bits per heavy atom. The van der Waals surface area contributed by atoms with Gasteiger partial charge >= 0.3 is 5.97 Å². The van der Waals surface area contributed by atoms with Crippen LogP contribution in [-0.4, -0.2) is 24.2 Å². The van der Waals surface area contributed by atoms with Gasteiger partial charge in [0.05, 0.1) is 12.7 Å². The molecule has 104 valence electrons. The molecule has 5 heteroatoms. The van der Waals surface area contributed by atoms with E-state index in [1.165, 1.54) is 7.11 Å². The highest BCUT2D eigenvalue weighted by molar-refractivity contribution is 7.80. The molecule has 2 N–H and O–H groups in total. The first kappa shape index (κ1) is 15.4. The predicted octanol–water partition coefficient (Wildman–Crippen LogP) is 2.87. The maximum Gasteiger partial charge on any atom is 0.337 e. The molecule has 0 bridgehead atoms. The molecule has 0 unspecified atom stereocenters. The van der Waals surface area contributed by atoms with Gasteiger partial charge in [-0.05, 0) is 50.2 Å². The van der Waals surface area contributed by atoms with Gasteiger partial charge in [-0.25, -0.2) is 4.79 Å². The number of esters is 1. The van der Waals surface area contributed by atoms with Crippen molar-refractivity contribution in [2.24, 2.45) is 0 Å². The molecule has 1 aromatic carbocycles. The van der Waals surface area contributed by atoms with E-state index in [0.717, 1.165) is 17.7 Å². The number of nitrogens with one attached hydrogen (secondary N) is 2. The molecular weight excluding hydrogens is 260 g/mol. The maximum absolute atomic E-state index is 11.5. The second-order valence-electron chi connectivity index (χ2n) is 4.43. The molecule has 0 saturated heterocycles. The number of anilines is 1. The summed E-state index contributed by atoms with van der Waals surface area (Å²) in [5.74, 6) is -0.358. The smallest absolute Gasteiger partial charge is 0.337 e. The minimum absolute atomic E-state index is 0.309. The standard InChI is InChI=1S/C14H20N2O2S/c1-5-10(3)15-14(19)16-12-8-11(13(17)18-4)7-6-9(12)2/h6-8,10H,5H2,1-4H3,(H2,15,16,19)/t10-/m1/s1. The normalized spacial score (nSPS) is 11.6. The van der Waals surface area contributed by atoms with Crippen molar-refractivity contribution >= 4 is 29.0 Å². The minimum Gasteiger partial charge on any atom is -0.465 e. The van der Waals surface area contributed by atoms with Gasteiger partial charge in [-0.3, -0.25) is 0 Å². The lowest BCUT2D eigenvalue weighted by atomic mass is 10.1. The average molecular weight is 280 g/mol. The van der Waals surface area contributed by atoms with E-state index in [4.69, 9.17) is 17.0 Å². The Balaban J connectivity index is 2.82. The largest absolute Gasteiger partial charge is 0.465 e. The van der Waals surface area contributed by atoms with E-state index in [1.54, 1.807) is 12.1 Å². The minimum atomic E-state index is -0.358. The Morgan fingerprint density at radius 1 is 1.47 bits per heavy atom. The van der Waals surface area contributed by atoms with E-state index in [0.29, 0.717) is 16.7 Å². The number of hydrogen-bond acceptors (Lipinski definition) is 3. The molecule has 0 heterocycles. The van der Waals surface area contributed by atoms with Crippen LogP contribution in [0.2, 0.25) is 0 Å². The lowest BCUT2D eigenvalue weighted by Crippen LogP contribution is -2.35. The monoisotopic (exact) mass is 280 g/mol. The zero-order valence-corrected chi connectivity index (χ0v) is 12.6. The number of carbonyl (C=O) groups is 1. The molecule has 0 aliphatic carbocycles. The van der Waals surface area contributed by atoms with Crippen LogP contribution in [0.25, 0.3) is 0 Å². The number of rotatable bonds is 4. The van der Waals surface area contributed by atoms with Gasteiger partial charge in [0.1, 0.15) is 0 Å². The second-order valence-corrected chi connectivity index (χ2v) is 4.84. The molecule has 0 fully saturated rings. The molecule has 0 radical (unpaired) electrons. The van der Waals surface area contributed by atoms with Crippen molar-refractivity contribution in [3.63, 3.8) is 0 Å². The van der Waals surface area contributed by atoms with E-state index in [2.05, 4.69) is 24.5 Å². The lowest BCUT2D eigenvalue weighted by molar-refractivity contribution is 0.0601. The maximum atomic E-state index is 11.5. The van der Waals surface area contributed by atoms with Gasteiger partial charge in [0.25, 0.3) is 0 Å². The first-order valence-electron chi connectivity index (χ1n) is 6.24. The summed E-state index contributed by atoms with van der Waals surface area (Å²) >= 11 is 5.24. The number of ether oxygens (including phenoxy) is 1. The van der Waals surface area contributed by atoms with Gasteiger partial charge in [0.15, 0.2) is 5.11 Å². The van der Waals surface area contributed by atoms with E-state index in [9.17, 15) is 4.79 Å². The summed E-state index contributed by atoms with van der Waals surface area (Å²) in [7, 11) is 1.37. The molecule has 0 aromatic heterocycles. The van der Waals surface area contributed by atoms with Gasteiger partial charge in [0.2, 0.25) is 0 Å².